The molecule has 0 amide bonds. The topological polar surface area (TPSA) is 15.3 Å². The summed E-state index contributed by atoms with van der Waals surface area (Å²) in [5.74, 6) is 0. The van der Waals surface area contributed by atoms with E-state index in [1.54, 1.807) is 0 Å². The van der Waals surface area contributed by atoms with Crippen LogP contribution < -0.4 is 10.2 Å². The highest BCUT2D eigenvalue weighted by Crippen LogP contribution is 2.27. The summed E-state index contributed by atoms with van der Waals surface area (Å²) in [5.41, 5.74) is 1.37. The molecule has 1 fully saturated rings. The van der Waals surface area contributed by atoms with Crippen LogP contribution in [0.1, 0.15) is 12.8 Å². The van der Waals surface area contributed by atoms with Crippen LogP contribution in [0.15, 0.2) is 54.6 Å². The molecule has 102 valence electrons. The van der Waals surface area contributed by atoms with E-state index in [4.69, 9.17) is 0 Å². The van der Waals surface area contributed by atoms with E-state index in [-0.39, 0.29) is 0 Å². The Hall–Kier alpha value is -1.80. The molecule has 3 aliphatic rings. The zero-order valence-electron chi connectivity index (χ0n) is 11.6. The summed E-state index contributed by atoms with van der Waals surface area (Å²) < 4.78 is 0. The zero-order chi connectivity index (χ0) is 13.4. The Labute approximate surface area is 120 Å². The van der Waals surface area contributed by atoms with Crippen LogP contribution in [0.25, 0.3) is 10.8 Å². The Balaban J connectivity index is 1.72. The maximum atomic E-state index is 3.67. The Kier molecular flexibility index (Phi) is 2.96. The summed E-state index contributed by atoms with van der Waals surface area (Å²) in [7, 11) is 0. The molecule has 3 heterocycles. The zero-order valence-corrected chi connectivity index (χ0v) is 11.6. The van der Waals surface area contributed by atoms with E-state index < -0.39 is 0 Å². The molecule has 0 radical (unpaired) electrons. The highest BCUT2D eigenvalue weighted by molar-refractivity contribution is 5.86. The van der Waals surface area contributed by atoms with Crippen LogP contribution in [-0.4, -0.2) is 25.2 Å². The van der Waals surface area contributed by atoms with Crippen LogP contribution in [0.5, 0.6) is 0 Å². The number of hydrogen-bond donors (Lipinski definition) is 1. The van der Waals surface area contributed by atoms with Crippen molar-refractivity contribution in [3.63, 3.8) is 0 Å². The molecule has 2 aromatic rings. The molecular weight excluding hydrogens is 244 g/mol. The van der Waals surface area contributed by atoms with E-state index in [0.29, 0.717) is 12.1 Å². The summed E-state index contributed by atoms with van der Waals surface area (Å²) >= 11 is 0. The lowest BCUT2D eigenvalue weighted by molar-refractivity contribution is 0.386. The van der Waals surface area contributed by atoms with Crippen molar-refractivity contribution in [3.05, 3.63) is 54.6 Å². The quantitative estimate of drug-likeness (QED) is 0.795. The smallest absolute Gasteiger partial charge is 0.0449 e. The van der Waals surface area contributed by atoms with Crippen molar-refractivity contribution < 1.29 is 0 Å². The summed E-state index contributed by atoms with van der Waals surface area (Å²) in [6, 6.07) is 16.7. The van der Waals surface area contributed by atoms with Gasteiger partial charge in [0, 0.05) is 30.9 Å². The summed E-state index contributed by atoms with van der Waals surface area (Å²) in [6.07, 6.45) is 6.98. The van der Waals surface area contributed by atoms with E-state index in [1.807, 2.05) is 0 Å². The van der Waals surface area contributed by atoms with Crippen molar-refractivity contribution in [1.82, 2.24) is 5.32 Å². The molecular formula is C18H20N2. The SMILES string of the molecule is C1=C\C[C@H]2CN[C@@H](C/1)CN2c1ccc2ccccc2c1. The van der Waals surface area contributed by atoms with Gasteiger partial charge in [0.05, 0.1) is 0 Å². The van der Waals surface area contributed by atoms with Crippen LogP contribution in [0.4, 0.5) is 5.69 Å². The minimum Gasteiger partial charge on any atom is -0.365 e. The average molecular weight is 264 g/mol. The van der Waals surface area contributed by atoms with Gasteiger partial charge in [0.25, 0.3) is 0 Å². The van der Waals surface area contributed by atoms with Gasteiger partial charge in [-0.3, -0.25) is 0 Å². The molecule has 0 saturated carbocycles. The van der Waals surface area contributed by atoms with E-state index in [0.717, 1.165) is 25.9 Å². The van der Waals surface area contributed by atoms with Gasteiger partial charge in [-0.05, 0) is 35.7 Å². The first kappa shape index (κ1) is 12.0. The average Bonchev–Trinajstić information content (AvgIpc) is 2.47. The molecule has 1 saturated heterocycles. The molecule has 0 spiro atoms. The van der Waals surface area contributed by atoms with Gasteiger partial charge in [-0.1, -0.05) is 42.5 Å². The Bertz CT molecular complexity index is 647. The Morgan fingerprint density at radius 3 is 2.75 bits per heavy atom. The highest BCUT2D eigenvalue weighted by atomic mass is 15.2. The maximum absolute atomic E-state index is 3.67. The van der Waals surface area contributed by atoms with Gasteiger partial charge >= 0.3 is 0 Å². The number of anilines is 1. The molecule has 20 heavy (non-hydrogen) atoms. The van der Waals surface area contributed by atoms with Crippen molar-refractivity contribution in [2.45, 2.75) is 24.9 Å². The van der Waals surface area contributed by atoms with Crippen LogP contribution >= 0.6 is 0 Å². The highest BCUT2D eigenvalue weighted by Gasteiger charge is 2.28. The molecule has 0 aromatic heterocycles. The number of piperazine rings is 1. The van der Waals surface area contributed by atoms with E-state index >= 15 is 0 Å². The molecule has 2 aromatic carbocycles. The van der Waals surface area contributed by atoms with E-state index in [1.165, 1.54) is 16.5 Å². The minimum absolute atomic E-state index is 0.587. The molecule has 3 aliphatic heterocycles. The summed E-state index contributed by atoms with van der Waals surface area (Å²) in [4.78, 5) is 2.59. The standard InChI is InChI=1S/C18H20N2/c1-2-6-15-11-17(10-9-14(15)5-1)20-13-16-7-3-4-8-18(20)12-19-16/h1-6,9-11,16,18-19H,7-8,12-13H2/b4-3-/t16-,18-/m0/s1. The monoisotopic (exact) mass is 264 g/mol. The van der Waals surface area contributed by atoms with Crippen molar-refractivity contribution in [1.29, 1.82) is 0 Å². The number of nitrogens with one attached hydrogen (secondary N) is 1. The van der Waals surface area contributed by atoms with Crippen LogP contribution in [0.2, 0.25) is 0 Å². The second-order valence-corrected chi connectivity index (χ2v) is 5.89. The van der Waals surface area contributed by atoms with Gasteiger partial charge in [0.15, 0.2) is 0 Å². The van der Waals surface area contributed by atoms with Crippen LogP contribution in [0.3, 0.4) is 0 Å². The predicted molar refractivity (Wildman–Crippen MR) is 85.2 cm³/mol. The minimum atomic E-state index is 0.587. The summed E-state index contributed by atoms with van der Waals surface area (Å²) in [6.45, 7) is 2.22. The number of benzene rings is 2. The van der Waals surface area contributed by atoms with Crippen LogP contribution in [-0.2, 0) is 0 Å². The molecule has 2 bridgehead atoms. The normalized spacial score (nSPS) is 27.3. The molecule has 0 unspecified atom stereocenters. The van der Waals surface area contributed by atoms with Gasteiger partial charge in [0.1, 0.15) is 0 Å². The van der Waals surface area contributed by atoms with E-state index in [2.05, 4.69) is 64.8 Å². The third-order valence-electron chi connectivity index (χ3n) is 4.56. The van der Waals surface area contributed by atoms with Crippen LogP contribution in [0, 0.1) is 0 Å². The fraction of sp³-hybridized carbons (Fsp3) is 0.333. The maximum Gasteiger partial charge on any atom is 0.0449 e. The number of nitrogens with zero attached hydrogens (tertiary/aromatic N) is 1. The lowest BCUT2D eigenvalue weighted by Gasteiger charge is -2.42. The molecule has 0 aliphatic carbocycles. The molecule has 2 atom stereocenters. The number of rotatable bonds is 1. The Morgan fingerprint density at radius 2 is 1.80 bits per heavy atom. The number of hydrogen-bond acceptors (Lipinski definition) is 2. The first-order chi connectivity index (χ1) is 9.90. The fourth-order valence-corrected chi connectivity index (χ4v) is 3.42. The second kappa shape index (κ2) is 4.95. The molecule has 1 N–H and O–H groups in total. The van der Waals surface area contributed by atoms with Crippen molar-refractivity contribution in [2.24, 2.45) is 0 Å². The van der Waals surface area contributed by atoms with Crippen molar-refractivity contribution in [2.75, 3.05) is 18.0 Å². The second-order valence-electron chi connectivity index (χ2n) is 5.89. The van der Waals surface area contributed by atoms with Gasteiger partial charge in [0.2, 0.25) is 0 Å². The molecule has 2 nitrogen and oxygen atoms in total. The van der Waals surface area contributed by atoms with Gasteiger partial charge in [-0.25, -0.2) is 0 Å². The van der Waals surface area contributed by atoms with Gasteiger partial charge < -0.3 is 10.2 Å². The molecule has 2 heteroatoms. The van der Waals surface area contributed by atoms with Gasteiger partial charge in [-0.2, -0.15) is 0 Å². The third-order valence-corrected chi connectivity index (χ3v) is 4.56. The summed E-state index contributed by atoms with van der Waals surface area (Å²) in [5, 5.41) is 6.33. The predicted octanol–water partition coefficient (Wildman–Crippen LogP) is 3.34. The molecule has 5 rings (SSSR count). The third kappa shape index (κ3) is 2.10. The first-order valence-corrected chi connectivity index (χ1v) is 7.54. The lowest BCUT2D eigenvalue weighted by atomic mass is 9.98. The van der Waals surface area contributed by atoms with Gasteiger partial charge in [-0.15, -0.1) is 0 Å². The largest absolute Gasteiger partial charge is 0.365 e. The van der Waals surface area contributed by atoms with Crippen molar-refractivity contribution in [3.8, 4) is 0 Å². The van der Waals surface area contributed by atoms with E-state index in [9.17, 15) is 0 Å². The lowest BCUT2D eigenvalue weighted by Crippen LogP contribution is -2.57. The fourth-order valence-electron chi connectivity index (χ4n) is 3.42. The van der Waals surface area contributed by atoms with Crippen molar-refractivity contribution >= 4 is 16.5 Å². The Morgan fingerprint density at radius 1 is 0.950 bits per heavy atom. The first-order valence-electron chi connectivity index (χ1n) is 7.54. The number of fused-ring (bicyclic) bond motifs is 5.